The quantitative estimate of drug-likeness (QED) is 0.506. The van der Waals surface area contributed by atoms with Crippen LogP contribution in [-0.4, -0.2) is 42.9 Å². The van der Waals surface area contributed by atoms with Crippen molar-refractivity contribution in [1.29, 1.82) is 0 Å². The summed E-state index contributed by atoms with van der Waals surface area (Å²) in [6.07, 6.45) is 1.48. The van der Waals surface area contributed by atoms with E-state index in [-0.39, 0.29) is 24.3 Å². The molecule has 6 nitrogen and oxygen atoms in total. The van der Waals surface area contributed by atoms with Gasteiger partial charge in [0.2, 0.25) is 21.8 Å². The molecule has 1 aliphatic carbocycles. The number of rotatable bonds is 10. The Hall–Kier alpha value is -2.74. The lowest BCUT2D eigenvalue weighted by molar-refractivity contribution is -0.131. The van der Waals surface area contributed by atoms with Crippen LogP contribution in [0.5, 0.6) is 0 Å². The van der Waals surface area contributed by atoms with Crippen LogP contribution in [0.15, 0.2) is 54.6 Å². The fourth-order valence-electron chi connectivity index (χ4n) is 3.54. The first-order chi connectivity index (χ1) is 15.2. The first kappa shape index (κ1) is 23.9. The maximum Gasteiger partial charge on any atom is 0.245 e. The third-order valence-electron chi connectivity index (χ3n) is 5.42. The molecule has 172 valence electrons. The van der Waals surface area contributed by atoms with Crippen molar-refractivity contribution in [3.8, 4) is 0 Å². The van der Waals surface area contributed by atoms with Gasteiger partial charge in [-0.1, -0.05) is 30.3 Å². The van der Waals surface area contributed by atoms with E-state index in [4.69, 9.17) is 0 Å². The van der Waals surface area contributed by atoms with Crippen molar-refractivity contribution >= 4 is 27.5 Å². The average Bonchev–Trinajstić information content (AvgIpc) is 3.57. The second-order valence-electron chi connectivity index (χ2n) is 8.43. The Labute approximate surface area is 189 Å². The predicted molar refractivity (Wildman–Crippen MR) is 122 cm³/mol. The molecular formula is C24H29FN2O4S. The summed E-state index contributed by atoms with van der Waals surface area (Å²) in [6, 6.07) is 14.4. The first-order valence-electron chi connectivity index (χ1n) is 10.8. The molecule has 0 bridgehead atoms. The Morgan fingerprint density at radius 3 is 2.19 bits per heavy atom. The zero-order valence-electron chi connectivity index (χ0n) is 18.4. The third kappa shape index (κ3) is 6.38. The zero-order valence-corrected chi connectivity index (χ0v) is 19.2. The van der Waals surface area contributed by atoms with E-state index in [1.165, 1.54) is 29.2 Å². The highest BCUT2D eigenvalue weighted by atomic mass is 32.2. The number of carbonyl (C=O) groups is 2. The normalized spacial score (nSPS) is 13.8. The van der Waals surface area contributed by atoms with E-state index < -0.39 is 34.1 Å². The van der Waals surface area contributed by atoms with E-state index in [1.54, 1.807) is 13.8 Å². The minimum absolute atomic E-state index is 0.113. The number of hydrogen-bond donors (Lipinski definition) is 0. The first-order valence-corrected chi connectivity index (χ1v) is 12.4. The van der Waals surface area contributed by atoms with E-state index in [1.807, 2.05) is 30.3 Å². The molecule has 0 radical (unpaired) electrons. The highest BCUT2D eigenvalue weighted by Gasteiger charge is 2.35. The van der Waals surface area contributed by atoms with Crippen LogP contribution in [-0.2, 0) is 26.0 Å². The van der Waals surface area contributed by atoms with Gasteiger partial charge in [0.1, 0.15) is 12.2 Å². The van der Waals surface area contributed by atoms with Gasteiger partial charge in [-0.3, -0.25) is 9.59 Å². The molecular weight excluding hydrogens is 431 g/mol. The van der Waals surface area contributed by atoms with Crippen LogP contribution in [0.2, 0.25) is 0 Å². The number of aryl methyl sites for hydroxylation is 1. The van der Waals surface area contributed by atoms with Crippen molar-refractivity contribution < 1.29 is 22.4 Å². The number of benzene rings is 2. The van der Waals surface area contributed by atoms with Gasteiger partial charge in [-0.15, -0.1) is 0 Å². The maximum atomic E-state index is 13.3. The second-order valence-corrected chi connectivity index (χ2v) is 10.4. The SMILES string of the molecule is CC(C)N(C(=O)CC(=O)N(CC1CC1)S(=O)(=O)CCc1ccccc1)c1ccc(F)cc1. The molecule has 2 aromatic carbocycles. The minimum Gasteiger partial charge on any atom is -0.309 e. The van der Waals surface area contributed by atoms with Crippen molar-refractivity contribution in [3.63, 3.8) is 0 Å². The summed E-state index contributed by atoms with van der Waals surface area (Å²) in [5.74, 6) is -1.71. The van der Waals surface area contributed by atoms with Crippen molar-refractivity contribution in [1.82, 2.24) is 4.31 Å². The van der Waals surface area contributed by atoms with Gasteiger partial charge >= 0.3 is 0 Å². The lowest BCUT2D eigenvalue weighted by Gasteiger charge is -2.28. The van der Waals surface area contributed by atoms with Gasteiger partial charge in [-0.05, 0) is 68.9 Å². The van der Waals surface area contributed by atoms with Gasteiger partial charge < -0.3 is 4.90 Å². The van der Waals surface area contributed by atoms with E-state index in [9.17, 15) is 22.4 Å². The van der Waals surface area contributed by atoms with Crippen LogP contribution in [0.25, 0.3) is 0 Å². The largest absolute Gasteiger partial charge is 0.309 e. The number of hydrogen-bond acceptors (Lipinski definition) is 4. The Bertz CT molecular complexity index is 1040. The topological polar surface area (TPSA) is 74.8 Å². The van der Waals surface area contributed by atoms with E-state index in [0.717, 1.165) is 22.7 Å². The molecule has 0 spiro atoms. The molecule has 0 saturated heterocycles. The van der Waals surface area contributed by atoms with E-state index in [0.29, 0.717) is 12.1 Å². The van der Waals surface area contributed by atoms with Crippen molar-refractivity contribution in [2.75, 3.05) is 17.2 Å². The maximum absolute atomic E-state index is 13.3. The molecule has 0 aromatic heterocycles. The van der Waals surface area contributed by atoms with Crippen LogP contribution in [0, 0.1) is 11.7 Å². The highest BCUT2D eigenvalue weighted by molar-refractivity contribution is 7.89. The molecule has 0 unspecified atom stereocenters. The molecule has 2 amide bonds. The number of carbonyl (C=O) groups excluding carboxylic acids is 2. The van der Waals surface area contributed by atoms with Gasteiger partial charge in [-0.2, -0.15) is 0 Å². The van der Waals surface area contributed by atoms with Gasteiger partial charge in [0.15, 0.2) is 0 Å². The lowest BCUT2D eigenvalue weighted by atomic mass is 10.2. The van der Waals surface area contributed by atoms with E-state index in [2.05, 4.69) is 0 Å². The smallest absolute Gasteiger partial charge is 0.245 e. The van der Waals surface area contributed by atoms with Crippen molar-refractivity contribution in [3.05, 3.63) is 66.0 Å². The molecule has 32 heavy (non-hydrogen) atoms. The summed E-state index contributed by atoms with van der Waals surface area (Å²) in [5.41, 5.74) is 1.33. The van der Waals surface area contributed by atoms with Gasteiger partial charge in [0.25, 0.3) is 0 Å². The molecule has 0 heterocycles. The summed E-state index contributed by atoms with van der Waals surface area (Å²) < 4.78 is 40.3. The monoisotopic (exact) mass is 460 g/mol. The molecule has 1 fully saturated rings. The Morgan fingerprint density at radius 2 is 1.62 bits per heavy atom. The van der Waals surface area contributed by atoms with Crippen LogP contribution in [0.1, 0.15) is 38.7 Å². The van der Waals surface area contributed by atoms with Crippen LogP contribution >= 0.6 is 0 Å². The molecule has 0 N–H and O–H groups in total. The fraction of sp³-hybridized carbons (Fsp3) is 0.417. The van der Waals surface area contributed by atoms with Gasteiger partial charge in [-0.25, -0.2) is 17.1 Å². The van der Waals surface area contributed by atoms with Crippen LogP contribution in [0.3, 0.4) is 0 Å². The standard InChI is InChI=1S/C24H29FN2O4S/c1-18(2)27(22-12-10-21(25)11-13-22)24(29)16-23(28)26(17-20-8-9-20)32(30,31)15-14-19-6-4-3-5-7-19/h3-7,10-13,18,20H,8-9,14-17H2,1-2H3. The number of sulfonamides is 1. The Morgan fingerprint density at radius 1 is 1.00 bits per heavy atom. The summed E-state index contributed by atoms with van der Waals surface area (Å²) >= 11 is 0. The summed E-state index contributed by atoms with van der Waals surface area (Å²) in [7, 11) is -3.87. The predicted octanol–water partition coefficient (Wildman–Crippen LogP) is 3.77. The summed E-state index contributed by atoms with van der Waals surface area (Å²) in [6.45, 7) is 3.68. The average molecular weight is 461 g/mol. The molecule has 8 heteroatoms. The van der Waals surface area contributed by atoms with Gasteiger partial charge in [0.05, 0.1) is 5.75 Å². The van der Waals surface area contributed by atoms with Crippen LogP contribution < -0.4 is 4.90 Å². The molecule has 0 aliphatic heterocycles. The Balaban J connectivity index is 1.74. The zero-order chi connectivity index (χ0) is 23.3. The van der Waals surface area contributed by atoms with Gasteiger partial charge in [0, 0.05) is 18.3 Å². The fourth-order valence-corrected chi connectivity index (χ4v) is 5.07. The minimum atomic E-state index is -3.87. The second kappa shape index (κ2) is 10.3. The number of halogens is 1. The molecule has 3 rings (SSSR count). The molecule has 1 aliphatic rings. The highest BCUT2D eigenvalue weighted by Crippen LogP contribution is 2.31. The summed E-state index contributed by atoms with van der Waals surface area (Å²) in [4.78, 5) is 27.4. The number of nitrogens with zero attached hydrogens (tertiary/aromatic N) is 2. The van der Waals surface area contributed by atoms with Crippen LogP contribution in [0.4, 0.5) is 10.1 Å². The summed E-state index contributed by atoms with van der Waals surface area (Å²) in [5, 5.41) is 0. The number of amides is 2. The van der Waals surface area contributed by atoms with Crippen molar-refractivity contribution in [2.24, 2.45) is 5.92 Å². The molecule has 1 saturated carbocycles. The molecule has 2 aromatic rings. The lowest BCUT2D eigenvalue weighted by Crippen LogP contribution is -2.44. The van der Waals surface area contributed by atoms with Crippen molar-refractivity contribution in [2.45, 2.75) is 45.6 Å². The Kier molecular flexibility index (Phi) is 7.66. The van der Waals surface area contributed by atoms with E-state index >= 15 is 0 Å². The molecule has 0 atom stereocenters. The number of anilines is 1. The third-order valence-corrected chi connectivity index (χ3v) is 7.16.